The topological polar surface area (TPSA) is 64.1 Å². The molecule has 0 saturated heterocycles. The summed E-state index contributed by atoms with van der Waals surface area (Å²) >= 11 is 5.71. The molecule has 0 bridgehead atoms. The maximum Gasteiger partial charge on any atom is 0.416 e. The summed E-state index contributed by atoms with van der Waals surface area (Å²) in [6.07, 6.45) is -4.37. The molecule has 1 N–H and O–H groups in total. The molecule has 1 aromatic heterocycles. The number of carbonyl (C=O) groups is 1. The van der Waals surface area contributed by atoms with Crippen LogP contribution in [0.2, 0.25) is 5.28 Å². The molecule has 2 aromatic rings. The third-order valence-electron chi connectivity index (χ3n) is 2.85. The van der Waals surface area contributed by atoms with E-state index >= 15 is 0 Å². The number of alkyl halides is 3. The van der Waals surface area contributed by atoms with Crippen LogP contribution in [0.4, 0.5) is 19.0 Å². The van der Waals surface area contributed by atoms with Gasteiger partial charge in [0.05, 0.1) is 12.7 Å². The lowest BCUT2D eigenvalue weighted by Crippen LogP contribution is -2.09. The molecule has 0 atom stereocenters. The van der Waals surface area contributed by atoms with Gasteiger partial charge in [-0.1, -0.05) is 12.1 Å². The Hall–Kier alpha value is -2.35. The van der Waals surface area contributed by atoms with Crippen molar-refractivity contribution in [3.05, 3.63) is 52.4 Å². The van der Waals surface area contributed by atoms with E-state index in [1.807, 2.05) is 0 Å². The van der Waals surface area contributed by atoms with Crippen molar-refractivity contribution in [1.29, 1.82) is 0 Å². The van der Waals surface area contributed by atoms with Gasteiger partial charge in [-0.25, -0.2) is 14.8 Å². The standard InChI is InChI=1S/C14H11ClF3N3O2/c1-23-12(22)10-6-11(21-13(15)20-10)19-7-8-2-4-9(5-3-8)14(16,17)18/h2-6H,7H2,1H3,(H,19,20,21). The Labute approximate surface area is 134 Å². The highest BCUT2D eigenvalue weighted by molar-refractivity contribution is 6.28. The molecule has 0 aliphatic rings. The fourth-order valence-electron chi connectivity index (χ4n) is 1.72. The summed E-state index contributed by atoms with van der Waals surface area (Å²) in [4.78, 5) is 19.0. The van der Waals surface area contributed by atoms with E-state index in [9.17, 15) is 18.0 Å². The van der Waals surface area contributed by atoms with Crippen LogP contribution in [0.25, 0.3) is 0 Å². The van der Waals surface area contributed by atoms with Crippen LogP contribution in [0.15, 0.2) is 30.3 Å². The normalized spacial score (nSPS) is 11.2. The predicted molar refractivity (Wildman–Crippen MR) is 77.2 cm³/mol. The molecule has 0 amide bonds. The molecule has 0 spiro atoms. The number of benzene rings is 1. The van der Waals surface area contributed by atoms with Gasteiger partial charge in [0.2, 0.25) is 5.28 Å². The molecular weight excluding hydrogens is 335 g/mol. The Kier molecular flexibility index (Phi) is 5.05. The zero-order valence-electron chi connectivity index (χ0n) is 11.8. The number of esters is 1. The molecule has 0 saturated carbocycles. The summed E-state index contributed by atoms with van der Waals surface area (Å²) in [6.45, 7) is 0.200. The first-order valence-electron chi connectivity index (χ1n) is 6.32. The molecule has 122 valence electrons. The molecular formula is C14H11ClF3N3O2. The largest absolute Gasteiger partial charge is 0.464 e. The van der Waals surface area contributed by atoms with Gasteiger partial charge < -0.3 is 10.1 Å². The summed E-state index contributed by atoms with van der Waals surface area (Å²) in [7, 11) is 1.20. The van der Waals surface area contributed by atoms with E-state index in [-0.39, 0.29) is 23.3 Å². The minimum atomic E-state index is -4.37. The van der Waals surface area contributed by atoms with Crippen LogP contribution in [0, 0.1) is 0 Å². The highest BCUT2D eigenvalue weighted by atomic mass is 35.5. The average molecular weight is 346 g/mol. The van der Waals surface area contributed by atoms with E-state index in [1.54, 1.807) is 0 Å². The van der Waals surface area contributed by atoms with Gasteiger partial charge in [-0.05, 0) is 29.3 Å². The Morgan fingerprint density at radius 2 is 1.91 bits per heavy atom. The van der Waals surface area contributed by atoms with Crippen molar-refractivity contribution in [2.45, 2.75) is 12.7 Å². The molecule has 23 heavy (non-hydrogen) atoms. The molecule has 5 nitrogen and oxygen atoms in total. The number of nitrogens with one attached hydrogen (secondary N) is 1. The van der Waals surface area contributed by atoms with Gasteiger partial charge in [0.1, 0.15) is 5.82 Å². The van der Waals surface area contributed by atoms with Crippen LogP contribution in [0.1, 0.15) is 21.6 Å². The zero-order valence-corrected chi connectivity index (χ0v) is 12.6. The van der Waals surface area contributed by atoms with Gasteiger partial charge in [0.25, 0.3) is 0 Å². The maximum atomic E-state index is 12.5. The van der Waals surface area contributed by atoms with E-state index in [0.717, 1.165) is 12.1 Å². The molecule has 2 rings (SSSR count). The molecule has 0 aliphatic carbocycles. The van der Waals surface area contributed by atoms with Gasteiger partial charge in [-0.2, -0.15) is 13.2 Å². The smallest absolute Gasteiger partial charge is 0.416 e. The lowest BCUT2D eigenvalue weighted by molar-refractivity contribution is -0.137. The quantitative estimate of drug-likeness (QED) is 0.678. The fraction of sp³-hybridized carbons (Fsp3) is 0.214. The number of anilines is 1. The van der Waals surface area contributed by atoms with Crippen molar-refractivity contribution in [1.82, 2.24) is 9.97 Å². The highest BCUT2D eigenvalue weighted by Crippen LogP contribution is 2.29. The molecule has 0 aliphatic heterocycles. The number of nitrogens with zero attached hydrogens (tertiary/aromatic N) is 2. The second-order valence-electron chi connectivity index (χ2n) is 4.45. The van der Waals surface area contributed by atoms with Crippen molar-refractivity contribution in [2.24, 2.45) is 0 Å². The van der Waals surface area contributed by atoms with Crippen molar-refractivity contribution in [3.63, 3.8) is 0 Å². The Bertz CT molecular complexity index is 705. The third kappa shape index (κ3) is 4.56. The average Bonchev–Trinajstić information content (AvgIpc) is 2.51. The van der Waals surface area contributed by atoms with Gasteiger partial charge in [-0.3, -0.25) is 0 Å². The second kappa shape index (κ2) is 6.82. The Balaban J connectivity index is 2.09. The van der Waals surface area contributed by atoms with Crippen molar-refractivity contribution >= 4 is 23.4 Å². The minimum Gasteiger partial charge on any atom is -0.464 e. The van der Waals surface area contributed by atoms with Crippen LogP contribution in [-0.2, 0) is 17.5 Å². The minimum absolute atomic E-state index is 0.0255. The molecule has 1 aromatic carbocycles. The number of rotatable bonds is 4. The number of halogens is 4. The SMILES string of the molecule is COC(=O)c1cc(NCc2ccc(C(F)(F)F)cc2)nc(Cl)n1. The van der Waals surface area contributed by atoms with Crippen LogP contribution >= 0.6 is 11.6 Å². The number of methoxy groups -OCH3 is 1. The van der Waals surface area contributed by atoms with Gasteiger partial charge in [0, 0.05) is 12.6 Å². The summed E-state index contributed by atoms with van der Waals surface area (Å²) in [5.41, 5.74) is -0.144. The van der Waals surface area contributed by atoms with Crippen LogP contribution < -0.4 is 5.32 Å². The molecule has 0 unspecified atom stereocenters. The number of carbonyl (C=O) groups excluding carboxylic acids is 1. The zero-order chi connectivity index (χ0) is 17.0. The first kappa shape index (κ1) is 17.0. The summed E-state index contributed by atoms with van der Waals surface area (Å²) in [6, 6.07) is 6.01. The summed E-state index contributed by atoms with van der Waals surface area (Å²) < 4.78 is 42.0. The Morgan fingerprint density at radius 3 is 2.48 bits per heavy atom. The lowest BCUT2D eigenvalue weighted by Gasteiger charge is -2.09. The summed E-state index contributed by atoms with van der Waals surface area (Å²) in [5.74, 6) is -0.419. The Morgan fingerprint density at radius 1 is 1.26 bits per heavy atom. The fourth-order valence-corrected chi connectivity index (χ4v) is 1.90. The molecule has 1 heterocycles. The molecule has 0 radical (unpaired) electrons. The maximum absolute atomic E-state index is 12.5. The van der Waals surface area contributed by atoms with E-state index in [2.05, 4.69) is 20.0 Å². The third-order valence-corrected chi connectivity index (χ3v) is 3.02. The van der Waals surface area contributed by atoms with Gasteiger partial charge >= 0.3 is 12.1 Å². The van der Waals surface area contributed by atoms with Crippen molar-refractivity contribution in [3.8, 4) is 0 Å². The molecule has 9 heteroatoms. The monoisotopic (exact) mass is 345 g/mol. The van der Waals surface area contributed by atoms with Crippen LogP contribution in [0.3, 0.4) is 0 Å². The van der Waals surface area contributed by atoms with Crippen molar-refractivity contribution < 1.29 is 22.7 Å². The van der Waals surface area contributed by atoms with E-state index in [1.165, 1.54) is 25.3 Å². The number of hydrogen-bond donors (Lipinski definition) is 1. The van der Waals surface area contributed by atoms with Crippen LogP contribution in [-0.4, -0.2) is 23.0 Å². The predicted octanol–water partition coefficient (Wildman–Crippen LogP) is 3.55. The van der Waals surface area contributed by atoms with E-state index in [4.69, 9.17) is 11.6 Å². The van der Waals surface area contributed by atoms with E-state index < -0.39 is 17.7 Å². The summed E-state index contributed by atoms with van der Waals surface area (Å²) in [5, 5.41) is 2.70. The van der Waals surface area contributed by atoms with Gasteiger partial charge in [-0.15, -0.1) is 0 Å². The highest BCUT2D eigenvalue weighted by Gasteiger charge is 2.29. The van der Waals surface area contributed by atoms with Gasteiger partial charge in [0.15, 0.2) is 5.69 Å². The first-order chi connectivity index (χ1) is 10.8. The molecule has 0 fully saturated rings. The van der Waals surface area contributed by atoms with Crippen LogP contribution in [0.5, 0.6) is 0 Å². The number of ether oxygens (including phenoxy) is 1. The first-order valence-corrected chi connectivity index (χ1v) is 6.70. The van der Waals surface area contributed by atoms with Crippen molar-refractivity contribution in [2.75, 3.05) is 12.4 Å². The number of hydrogen-bond acceptors (Lipinski definition) is 5. The lowest BCUT2D eigenvalue weighted by atomic mass is 10.1. The second-order valence-corrected chi connectivity index (χ2v) is 4.79. The number of aromatic nitrogens is 2. The van der Waals surface area contributed by atoms with E-state index in [0.29, 0.717) is 5.56 Å².